The number of nitrogens with two attached hydrogens (primary N) is 1. The van der Waals surface area contributed by atoms with Gasteiger partial charge in [-0.2, -0.15) is 0 Å². The highest BCUT2D eigenvalue weighted by Gasteiger charge is 2.31. The van der Waals surface area contributed by atoms with Crippen molar-refractivity contribution in [1.82, 2.24) is 10.2 Å². The molecule has 0 unspecified atom stereocenters. The van der Waals surface area contributed by atoms with E-state index in [0.29, 0.717) is 31.8 Å². The van der Waals surface area contributed by atoms with E-state index in [2.05, 4.69) is 19.2 Å². The second-order valence-electron chi connectivity index (χ2n) is 7.08. The quantitative estimate of drug-likeness (QED) is 0.824. The predicted octanol–water partition coefficient (Wildman–Crippen LogP) is 1.66. The van der Waals surface area contributed by atoms with Gasteiger partial charge in [-0.1, -0.05) is 13.8 Å². The summed E-state index contributed by atoms with van der Waals surface area (Å²) >= 11 is 0. The van der Waals surface area contributed by atoms with Crippen LogP contribution < -0.4 is 10.5 Å². The molecule has 1 aliphatic heterocycles. The number of nitrogens with zero attached hydrogens (tertiary/aromatic N) is 1. The Labute approximate surface area is 133 Å². The normalized spacial score (nSPS) is 27.9. The van der Waals surface area contributed by atoms with Crippen molar-refractivity contribution in [2.24, 2.45) is 17.0 Å². The molecule has 0 bridgehead atoms. The first-order valence-electron chi connectivity index (χ1n) is 8.34. The summed E-state index contributed by atoms with van der Waals surface area (Å²) in [6.45, 7) is 5.46. The van der Waals surface area contributed by atoms with Crippen LogP contribution in [-0.4, -0.2) is 43.7 Å². The highest BCUT2D eigenvalue weighted by molar-refractivity contribution is 7.89. The molecule has 0 radical (unpaired) electrons. The average Bonchev–Trinajstić information content (AvgIpc) is 2.47. The largest absolute Gasteiger partial charge is 0.335 e. The van der Waals surface area contributed by atoms with E-state index in [1.54, 1.807) is 4.90 Å². The molecule has 128 valence electrons. The van der Waals surface area contributed by atoms with Crippen LogP contribution in [0, 0.1) is 11.8 Å². The molecule has 3 N–H and O–H groups in total. The molecule has 1 heterocycles. The minimum absolute atomic E-state index is 0.0548. The summed E-state index contributed by atoms with van der Waals surface area (Å²) in [7, 11) is -3.47. The lowest BCUT2D eigenvalue weighted by atomic mass is 9.80. The molecule has 1 saturated heterocycles. The van der Waals surface area contributed by atoms with Crippen LogP contribution in [0.4, 0.5) is 4.79 Å². The number of carbonyl (C=O) groups excluding carboxylic acids is 1. The Morgan fingerprint density at radius 1 is 1.09 bits per heavy atom. The van der Waals surface area contributed by atoms with Gasteiger partial charge in [-0.25, -0.2) is 18.4 Å². The van der Waals surface area contributed by atoms with Gasteiger partial charge in [-0.3, -0.25) is 0 Å². The first kappa shape index (κ1) is 17.5. The van der Waals surface area contributed by atoms with Gasteiger partial charge in [0.15, 0.2) is 0 Å². The molecule has 0 aromatic carbocycles. The summed E-state index contributed by atoms with van der Waals surface area (Å²) < 4.78 is 22.6. The van der Waals surface area contributed by atoms with Crippen molar-refractivity contribution in [3.63, 3.8) is 0 Å². The van der Waals surface area contributed by atoms with Crippen LogP contribution in [0.3, 0.4) is 0 Å². The molecule has 2 amide bonds. The Hall–Kier alpha value is -0.820. The third-order valence-electron chi connectivity index (χ3n) is 5.24. The number of hydrogen-bond donors (Lipinski definition) is 2. The van der Waals surface area contributed by atoms with E-state index in [4.69, 9.17) is 5.14 Å². The van der Waals surface area contributed by atoms with Crippen molar-refractivity contribution >= 4 is 16.1 Å². The van der Waals surface area contributed by atoms with Gasteiger partial charge in [0.2, 0.25) is 10.0 Å². The number of nitrogens with one attached hydrogen (secondary N) is 1. The van der Waals surface area contributed by atoms with Gasteiger partial charge >= 0.3 is 6.03 Å². The zero-order valence-corrected chi connectivity index (χ0v) is 14.4. The van der Waals surface area contributed by atoms with E-state index >= 15 is 0 Å². The molecule has 0 aromatic heterocycles. The number of sulfonamides is 1. The van der Waals surface area contributed by atoms with Crippen LogP contribution in [0.5, 0.6) is 0 Å². The molecular weight excluding hydrogens is 302 g/mol. The van der Waals surface area contributed by atoms with Gasteiger partial charge in [0.05, 0.1) is 5.25 Å². The first-order chi connectivity index (χ1) is 10.3. The fourth-order valence-corrected chi connectivity index (χ4v) is 4.45. The number of hydrogen-bond acceptors (Lipinski definition) is 3. The Morgan fingerprint density at radius 3 is 2.09 bits per heavy atom. The maximum Gasteiger partial charge on any atom is 0.317 e. The molecule has 2 fully saturated rings. The van der Waals surface area contributed by atoms with Crippen molar-refractivity contribution in [1.29, 1.82) is 0 Å². The van der Waals surface area contributed by atoms with Gasteiger partial charge in [-0.05, 0) is 50.4 Å². The fraction of sp³-hybridized carbons (Fsp3) is 0.933. The molecular formula is C15H29N3O3S. The first-order valence-corrected chi connectivity index (χ1v) is 9.95. The van der Waals surface area contributed by atoms with Crippen LogP contribution >= 0.6 is 0 Å². The maximum absolute atomic E-state index is 12.3. The van der Waals surface area contributed by atoms with Crippen molar-refractivity contribution in [2.75, 3.05) is 13.1 Å². The van der Waals surface area contributed by atoms with E-state index in [9.17, 15) is 13.2 Å². The Bertz CT molecular complexity index is 476. The number of amides is 2. The molecule has 2 aliphatic rings. The monoisotopic (exact) mass is 331 g/mol. The van der Waals surface area contributed by atoms with Gasteiger partial charge in [0.25, 0.3) is 0 Å². The topological polar surface area (TPSA) is 92.5 Å². The lowest BCUT2D eigenvalue weighted by Crippen LogP contribution is -2.50. The second kappa shape index (κ2) is 7.17. The summed E-state index contributed by atoms with van der Waals surface area (Å²) in [6.07, 6.45) is 5.31. The molecule has 0 atom stereocenters. The zero-order chi connectivity index (χ0) is 16.3. The highest BCUT2D eigenvalue weighted by atomic mass is 32.2. The standard InChI is InChI=1S/C15H29N3O3S/c1-11(2)12-3-5-13(6-4-12)17-15(19)18-9-7-14(8-10-18)22(16,20)21/h11-14H,3-10H2,1-2H3,(H,17,19)(H2,16,20,21). The van der Waals surface area contributed by atoms with Gasteiger partial charge in [-0.15, -0.1) is 0 Å². The molecule has 7 heteroatoms. The molecule has 6 nitrogen and oxygen atoms in total. The molecule has 1 saturated carbocycles. The van der Waals surface area contributed by atoms with E-state index in [1.807, 2.05) is 0 Å². The van der Waals surface area contributed by atoms with Gasteiger partial charge in [0.1, 0.15) is 0 Å². The van der Waals surface area contributed by atoms with Gasteiger partial charge in [0, 0.05) is 19.1 Å². The Kier molecular flexibility index (Phi) is 5.71. The van der Waals surface area contributed by atoms with E-state index in [1.165, 1.54) is 12.8 Å². The van der Waals surface area contributed by atoms with Crippen LogP contribution in [-0.2, 0) is 10.0 Å². The highest BCUT2D eigenvalue weighted by Crippen LogP contribution is 2.30. The summed E-state index contributed by atoms with van der Waals surface area (Å²) in [5.74, 6) is 1.49. The van der Waals surface area contributed by atoms with Crippen LogP contribution in [0.25, 0.3) is 0 Å². The maximum atomic E-state index is 12.3. The van der Waals surface area contributed by atoms with E-state index < -0.39 is 15.3 Å². The third kappa shape index (κ3) is 4.59. The minimum Gasteiger partial charge on any atom is -0.335 e. The third-order valence-corrected chi connectivity index (χ3v) is 6.64. The van der Waals surface area contributed by atoms with Crippen LogP contribution in [0.1, 0.15) is 52.4 Å². The number of likely N-dealkylation sites (tertiary alicyclic amines) is 1. The van der Waals surface area contributed by atoms with Crippen LogP contribution in [0.15, 0.2) is 0 Å². The van der Waals surface area contributed by atoms with E-state index in [0.717, 1.165) is 18.8 Å². The van der Waals surface area contributed by atoms with Crippen molar-refractivity contribution in [2.45, 2.75) is 63.7 Å². The second-order valence-corrected chi connectivity index (χ2v) is 8.93. The summed E-state index contributed by atoms with van der Waals surface area (Å²) in [5.41, 5.74) is 0. The SMILES string of the molecule is CC(C)C1CCC(NC(=O)N2CCC(S(N)(=O)=O)CC2)CC1. The van der Waals surface area contributed by atoms with Gasteiger partial charge < -0.3 is 10.2 Å². The Balaban J connectivity index is 1.75. The lowest BCUT2D eigenvalue weighted by molar-refractivity contribution is 0.173. The van der Waals surface area contributed by atoms with Crippen LogP contribution in [0.2, 0.25) is 0 Å². The molecule has 0 spiro atoms. The summed E-state index contributed by atoms with van der Waals surface area (Å²) in [4.78, 5) is 14.0. The summed E-state index contributed by atoms with van der Waals surface area (Å²) in [6, 6.07) is 0.208. The van der Waals surface area contributed by atoms with Crippen molar-refractivity contribution in [3.05, 3.63) is 0 Å². The molecule has 0 aromatic rings. The number of rotatable bonds is 3. The number of piperidine rings is 1. The smallest absolute Gasteiger partial charge is 0.317 e. The number of urea groups is 1. The predicted molar refractivity (Wildman–Crippen MR) is 86.8 cm³/mol. The Morgan fingerprint density at radius 2 is 1.64 bits per heavy atom. The number of primary sulfonamides is 1. The zero-order valence-electron chi connectivity index (χ0n) is 13.6. The number of carbonyl (C=O) groups is 1. The molecule has 2 rings (SSSR count). The lowest BCUT2D eigenvalue weighted by Gasteiger charge is -2.35. The van der Waals surface area contributed by atoms with E-state index in [-0.39, 0.29) is 12.1 Å². The fourth-order valence-electron chi connectivity index (χ4n) is 3.58. The van der Waals surface area contributed by atoms with Crippen molar-refractivity contribution in [3.8, 4) is 0 Å². The molecule has 22 heavy (non-hydrogen) atoms. The average molecular weight is 331 g/mol. The van der Waals surface area contributed by atoms with Crippen molar-refractivity contribution < 1.29 is 13.2 Å². The summed E-state index contributed by atoms with van der Waals surface area (Å²) in [5, 5.41) is 7.78. The minimum atomic E-state index is -3.47. The molecule has 1 aliphatic carbocycles.